The molecular weight excluding hydrogens is 208 g/mol. The summed E-state index contributed by atoms with van der Waals surface area (Å²) in [5.41, 5.74) is 4.38. The summed E-state index contributed by atoms with van der Waals surface area (Å²) >= 11 is 0. The number of carbonyl (C=O) groups is 1. The van der Waals surface area contributed by atoms with Gasteiger partial charge in [-0.2, -0.15) is 5.26 Å². The first-order valence-corrected chi connectivity index (χ1v) is 4.59. The molecule has 5 nitrogen and oxygen atoms in total. The molecule has 0 fully saturated rings. The van der Waals surface area contributed by atoms with Crippen LogP contribution in [0.4, 0.5) is 4.79 Å². The minimum Gasteiger partial charge on any atom is -0.410 e. The zero-order valence-corrected chi connectivity index (χ0v) is 9.02. The second kappa shape index (κ2) is 4.21. The van der Waals surface area contributed by atoms with Gasteiger partial charge in [-0.25, -0.2) is 4.79 Å². The van der Waals surface area contributed by atoms with E-state index in [1.165, 1.54) is 32.0 Å². The zero-order valence-electron chi connectivity index (χ0n) is 9.02. The second-order valence-electron chi connectivity index (χ2n) is 3.80. The van der Waals surface area contributed by atoms with E-state index in [0.717, 1.165) is 0 Å². The SMILES string of the molecule is CC(C)(O)c1cc(OC(N)=O)ccc1C#N. The smallest absolute Gasteiger partial charge is 0.409 e. The normalized spacial score (nSPS) is 10.6. The van der Waals surface area contributed by atoms with E-state index in [0.29, 0.717) is 11.1 Å². The highest BCUT2D eigenvalue weighted by Crippen LogP contribution is 2.27. The Kier molecular flexibility index (Phi) is 3.16. The molecular formula is C11H12N2O3. The quantitative estimate of drug-likeness (QED) is 0.783. The molecule has 0 aliphatic rings. The lowest BCUT2D eigenvalue weighted by atomic mass is 9.93. The Morgan fingerprint density at radius 2 is 2.19 bits per heavy atom. The number of hydrogen-bond donors (Lipinski definition) is 2. The molecule has 0 saturated heterocycles. The van der Waals surface area contributed by atoms with E-state index < -0.39 is 11.7 Å². The van der Waals surface area contributed by atoms with Crippen LogP contribution in [0, 0.1) is 11.3 Å². The fraction of sp³-hybridized carbons (Fsp3) is 0.273. The van der Waals surface area contributed by atoms with Crippen molar-refractivity contribution in [3.63, 3.8) is 0 Å². The Hall–Kier alpha value is -2.06. The first kappa shape index (κ1) is 12.0. The van der Waals surface area contributed by atoms with Gasteiger partial charge in [0.15, 0.2) is 0 Å². The summed E-state index contributed by atoms with van der Waals surface area (Å²) in [6.07, 6.45) is -0.939. The predicted molar refractivity (Wildman–Crippen MR) is 56.6 cm³/mol. The Bertz CT molecular complexity index is 455. The number of benzene rings is 1. The van der Waals surface area contributed by atoms with Crippen molar-refractivity contribution < 1.29 is 14.6 Å². The van der Waals surface area contributed by atoms with Gasteiger partial charge in [0, 0.05) is 5.56 Å². The van der Waals surface area contributed by atoms with Crippen LogP contribution >= 0.6 is 0 Å². The van der Waals surface area contributed by atoms with Crippen LogP contribution in [0.25, 0.3) is 0 Å². The van der Waals surface area contributed by atoms with E-state index in [9.17, 15) is 9.90 Å². The van der Waals surface area contributed by atoms with Crippen molar-refractivity contribution in [2.75, 3.05) is 0 Å². The summed E-state index contributed by atoms with van der Waals surface area (Å²) in [7, 11) is 0. The molecule has 1 aromatic rings. The molecule has 3 N–H and O–H groups in total. The highest BCUT2D eigenvalue weighted by atomic mass is 16.5. The molecule has 0 atom stereocenters. The van der Waals surface area contributed by atoms with E-state index in [1.54, 1.807) is 0 Å². The maximum atomic E-state index is 10.6. The number of aliphatic hydroxyl groups is 1. The van der Waals surface area contributed by atoms with Gasteiger partial charge in [0.05, 0.1) is 17.2 Å². The van der Waals surface area contributed by atoms with Gasteiger partial charge in [-0.15, -0.1) is 0 Å². The van der Waals surface area contributed by atoms with E-state index in [-0.39, 0.29) is 5.75 Å². The van der Waals surface area contributed by atoms with Crippen LogP contribution in [0.1, 0.15) is 25.0 Å². The Morgan fingerprint density at radius 3 is 2.62 bits per heavy atom. The van der Waals surface area contributed by atoms with Crippen molar-refractivity contribution in [1.29, 1.82) is 5.26 Å². The van der Waals surface area contributed by atoms with Crippen LogP contribution in [0.2, 0.25) is 0 Å². The third kappa shape index (κ3) is 2.72. The van der Waals surface area contributed by atoms with Crippen LogP contribution in [0.5, 0.6) is 5.75 Å². The molecule has 5 heteroatoms. The highest BCUT2D eigenvalue weighted by Gasteiger charge is 2.21. The van der Waals surface area contributed by atoms with Gasteiger partial charge < -0.3 is 15.6 Å². The second-order valence-corrected chi connectivity index (χ2v) is 3.80. The van der Waals surface area contributed by atoms with Crippen molar-refractivity contribution in [2.45, 2.75) is 19.4 Å². The molecule has 1 amide bonds. The zero-order chi connectivity index (χ0) is 12.3. The average molecular weight is 220 g/mol. The van der Waals surface area contributed by atoms with Gasteiger partial charge in [0.25, 0.3) is 0 Å². The Labute approximate surface area is 93.1 Å². The summed E-state index contributed by atoms with van der Waals surface area (Å²) in [5.74, 6) is 0.198. The van der Waals surface area contributed by atoms with Crippen molar-refractivity contribution in [3.8, 4) is 11.8 Å². The lowest BCUT2D eigenvalue weighted by Crippen LogP contribution is -2.19. The van der Waals surface area contributed by atoms with Crippen LogP contribution in [-0.2, 0) is 5.60 Å². The number of rotatable bonds is 2. The standard InChI is InChI=1S/C11H12N2O3/c1-11(2,15)9-5-8(16-10(13)14)4-3-7(9)6-12/h3-5,15H,1-2H3,(H2,13,14). The molecule has 0 spiro atoms. The molecule has 1 aromatic carbocycles. The third-order valence-corrected chi connectivity index (χ3v) is 1.99. The molecule has 84 valence electrons. The largest absolute Gasteiger partial charge is 0.410 e. The molecule has 0 heterocycles. The van der Waals surface area contributed by atoms with Gasteiger partial charge in [0.2, 0.25) is 0 Å². The molecule has 16 heavy (non-hydrogen) atoms. The minimum atomic E-state index is -1.19. The molecule has 0 aliphatic heterocycles. The number of nitriles is 1. The summed E-state index contributed by atoms with van der Waals surface area (Å²) in [4.78, 5) is 10.6. The van der Waals surface area contributed by atoms with E-state index >= 15 is 0 Å². The maximum absolute atomic E-state index is 10.6. The molecule has 0 saturated carbocycles. The van der Waals surface area contributed by atoms with Crippen LogP contribution < -0.4 is 10.5 Å². The summed E-state index contributed by atoms with van der Waals surface area (Å²) < 4.78 is 4.67. The Balaban J connectivity index is 3.23. The lowest BCUT2D eigenvalue weighted by Gasteiger charge is -2.19. The van der Waals surface area contributed by atoms with Crippen LogP contribution in [0.3, 0.4) is 0 Å². The number of primary amides is 1. The molecule has 0 radical (unpaired) electrons. The number of nitrogens with zero attached hydrogens (tertiary/aromatic N) is 1. The summed E-state index contributed by atoms with van der Waals surface area (Å²) in [6, 6.07) is 6.28. The third-order valence-electron chi connectivity index (χ3n) is 1.99. The maximum Gasteiger partial charge on any atom is 0.409 e. The first-order chi connectivity index (χ1) is 7.34. The number of nitrogens with two attached hydrogens (primary N) is 1. The first-order valence-electron chi connectivity index (χ1n) is 4.59. The minimum absolute atomic E-state index is 0.198. The van der Waals surface area contributed by atoms with E-state index in [4.69, 9.17) is 11.0 Å². The van der Waals surface area contributed by atoms with Crippen molar-refractivity contribution in [3.05, 3.63) is 29.3 Å². The van der Waals surface area contributed by atoms with Crippen LogP contribution in [-0.4, -0.2) is 11.2 Å². The average Bonchev–Trinajstić information content (AvgIpc) is 2.15. The van der Waals surface area contributed by atoms with Crippen molar-refractivity contribution in [2.24, 2.45) is 5.73 Å². The number of amides is 1. The van der Waals surface area contributed by atoms with Crippen LogP contribution in [0.15, 0.2) is 18.2 Å². The topological polar surface area (TPSA) is 96.3 Å². The number of carbonyl (C=O) groups excluding carboxylic acids is 1. The molecule has 1 rings (SSSR count). The predicted octanol–water partition coefficient (Wildman–Crippen LogP) is 1.24. The summed E-state index contributed by atoms with van der Waals surface area (Å²) in [5, 5.41) is 18.7. The van der Waals surface area contributed by atoms with E-state index in [2.05, 4.69) is 4.74 Å². The van der Waals surface area contributed by atoms with Gasteiger partial charge in [-0.1, -0.05) is 0 Å². The molecule has 0 unspecified atom stereocenters. The van der Waals surface area contributed by atoms with Gasteiger partial charge in [0.1, 0.15) is 5.75 Å². The molecule has 0 aromatic heterocycles. The van der Waals surface area contributed by atoms with Gasteiger partial charge >= 0.3 is 6.09 Å². The summed E-state index contributed by atoms with van der Waals surface area (Å²) in [6.45, 7) is 3.08. The molecule has 0 aliphatic carbocycles. The number of hydrogen-bond acceptors (Lipinski definition) is 4. The van der Waals surface area contributed by atoms with Gasteiger partial charge in [-0.05, 0) is 32.0 Å². The molecule has 0 bridgehead atoms. The fourth-order valence-corrected chi connectivity index (χ4v) is 1.31. The Morgan fingerprint density at radius 1 is 1.56 bits per heavy atom. The fourth-order valence-electron chi connectivity index (χ4n) is 1.31. The van der Waals surface area contributed by atoms with Gasteiger partial charge in [-0.3, -0.25) is 0 Å². The van der Waals surface area contributed by atoms with Crippen molar-refractivity contribution in [1.82, 2.24) is 0 Å². The lowest BCUT2D eigenvalue weighted by molar-refractivity contribution is 0.0780. The monoisotopic (exact) mass is 220 g/mol. The van der Waals surface area contributed by atoms with Crippen molar-refractivity contribution >= 4 is 6.09 Å². The highest BCUT2D eigenvalue weighted by molar-refractivity contribution is 5.68. The van der Waals surface area contributed by atoms with E-state index in [1.807, 2.05) is 6.07 Å². The number of ether oxygens (including phenoxy) is 1.